The first-order valence-electron chi connectivity index (χ1n) is 10.2. The molecular formula is C24H28N2O3S. The quantitative estimate of drug-likeness (QED) is 0.504. The van der Waals surface area contributed by atoms with Crippen LogP contribution in [-0.2, 0) is 14.3 Å². The largest absolute Gasteiger partial charge is 0.379 e. The lowest BCUT2D eigenvalue weighted by molar-refractivity contribution is -0.122. The van der Waals surface area contributed by atoms with E-state index in [1.807, 2.05) is 75.4 Å². The molecule has 0 saturated carbocycles. The van der Waals surface area contributed by atoms with Crippen LogP contribution in [0.4, 0.5) is 5.69 Å². The van der Waals surface area contributed by atoms with Crippen LogP contribution in [0.15, 0.2) is 58.3 Å². The average molecular weight is 425 g/mol. The molecule has 0 saturated heterocycles. The molecule has 0 aromatic heterocycles. The van der Waals surface area contributed by atoms with Crippen LogP contribution in [0, 0.1) is 6.92 Å². The molecule has 5 nitrogen and oxygen atoms in total. The third-order valence-electron chi connectivity index (χ3n) is 4.60. The molecular weight excluding hydrogens is 396 g/mol. The van der Waals surface area contributed by atoms with E-state index in [2.05, 4.69) is 5.32 Å². The fraction of sp³-hybridized carbons (Fsp3) is 0.333. The number of para-hydroxylation sites is 1. The van der Waals surface area contributed by atoms with Crippen molar-refractivity contribution in [1.29, 1.82) is 0 Å². The van der Waals surface area contributed by atoms with Crippen molar-refractivity contribution in [3.8, 4) is 0 Å². The van der Waals surface area contributed by atoms with E-state index in [0.29, 0.717) is 18.1 Å². The second kappa shape index (κ2) is 10.5. The highest BCUT2D eigenvalue weighted by atomic mass is 32.2. The third kappa shape index (κ3) is 5.97. The lowest BCUT2D eigenvalue weighted by Crippen LogP contribution is -2.43. The van der Waals surface area contributed by atoms with Gasteiger partial charge in [-0.15, -0.1) is 0 Å². The average Bonchev–Trinajstić information content (AvgIpc) is 2.72. The van der Waals surface area contributed by atoms with Gasteiger partial charge in [0.05, 0.1) is 16.7 Å². The van der Waals surface area contributed by atoms with E-state index in [1.165, 1.54) is 17.3 Å². The molecule has 0 bridgehead atoms. The van der Waals surface area contributed by atoms with Crippen molar-refractivity contribution in [3.63, 3.8) is 0 Å². The first kappa shape index (κ1) is 22.1. The highest BCUT2D eigenvalue weighted by Gasteiger charge is 2.30. The lowest BCUT2D eigenvalue weighted by atomic mass is 10.1. The number of nitrogens with one attached hydrogen (secondary N) is 1. The van der Waals surface area contributed by atoms with Gasteiger partial charge in [0, 0.05) is 18.0 Å². The summed E-state index contributed by atoms with van der Waals surface area (Å²) < 4.78 is 5.49. The maximum atomic E-state index is 13.2. The summed E-state index contributed by atoms with van der Waals surface area (Å²) in [5.41, 5.74) is 2.90. The molecule has 2 amide bonds. The van der Waals surface area contributed by atoms with Gasteiger partial charge in [-0.05, 0) is 51.0 Å². The Morgan fingerprint density at radius 1 is 1.17 bits per heavy atom. The second-order valence-electron chi connectivity index (χ2n) is 7.50. The zero-order chi connectivity index (χ0) is 21.5. The Kier molecular flexibility index (Phi) is 7.71. The molecule has 0 atom stereocenters. The normalized spacial score (nSPS) is 14.9. The number of carbonyl (C=O) groups is 2. The van der Waals surface area contributed by atoms with Crippen LogP contribution in [0.3, 0.4) is 0 Å². The number of anilines is 1. The summed E-state index contributed by atoms with van der Waals surface area (Å²) in [4.78, 5) is 28.8. The van der Waals surface area contributed by atoms with Gasteiger partial charge in [-0.25, -0.2) is 0 Å². The van der Waals surface area contributed by atoms with Crippen LogP contribution in [0.25, 0.3) is 6.08 Å². The van der Waals surface area contributed by atoms with Gasteiger partial charge >= 0.3 is 0 Å². The monoisotopic (exact) mass is 424 g/mol. The zero-order valence-corrected chi connectivity index (χ0v) is 18.5. The molecule has 0 fully saturated rings. The van der Waals surface area contributed by atoms with Gasteiger partial charge in [0.1, 0.15) is 6.54 Å². The number of rotatable bonds is 8. The molecule has 1 N–H and O–H groups in total. The molecule has 0 unspecified atom stereocenters. The topological polar surface area (TPSA) is 58.6 Å². The van der Waals surface area contributed by atoms with E-state index in [-0.39, 0.29) is 24.5 Å². The number of hydrogen-bond acceptors (Lipinski definition) is 4. The standard InChI is InChI=1S/C24H28N2O3S/c1-17(2)29-14-6-13-25-23(27)16-26-20-7-4-5-8-21(20)30-22(24(26)28)15-19-11-9-18(3)10-12-19/h4-5,7-12,15,17H,6,13-14,16H2,1-3H3,(H,25,27)/b22-15+. The van der Waals surface area contributed by atoms with Crippen LogP contribution in [0.1, 0.15) is 31.4 Å². The molecule has 3 rings (SSSR count). The lowest BCUT2D eigenvalue weighted by Gasteiger charge is -2.29. The van der Waals surface area contributed by atoms with Crippen LogP contribution < -0.4 is 10.2 Å². The number of nitrogens with zero attached hydrogens (tertiary/aromatic N) is 1. The van der Waals surface area contributed by atoms with Crippen molar-refractivity contribution >= 4 is 35.3 Å². The van der Waals surface area contributed by atoms with Crippen molar-refractivity contribution in [3.05, 3.63) is 64.6 Å². The maximum absolute atomic E-state index is 13.2. The van der Waals surface area contributed by atoms with Crippen molar-refractivity contribution in [2.24, 2.45) is 0 Å². The Balaban J connectivity index is 1.71. The zero-order valence-electron chi connectivity index (χ0n) is 17.7. The molecule has 1 aliphatic heterocycles. The maximum Gasteiger partial charge on any atom is 0.265 e. The number of thioether (sulfide) groups is 1. The summed E-state index contributed by atoms with van der Waals surface area (Å²) >= 11 is 1.44. The Bertz CT molecular complexity index is 922. The van der Waals surface area contributed by atoms with E-state index in [1.54, 1.807) is 4.90 Å². The fourth-order valence-electron chi connectivity index (χ4n) is 3.05. The van der Waals surface area contributed by atoms with Gasteiger partial charge in [-0.1, -0.05) is 53.7 Å². The smallest absolute Gasteiger partial charge is 0.265 e. The molecule has 158 valence electrons. The number of benzene rings is 2. The number of carbonyl (C=O) groups excluding carboxylic acids is 2. The minimum absolute atomic E-state index is 0.00726. The third-order valence-corrected chi connectivity index (χ3v) is 5.68. The van der Waals surface area contributed by atoms with Crippen molar-refractivity contribution < 1.29 is 14.3 Å². The summed E-state index contributed by atoms with van der Waals surface area (Å²) in [5.74, 6) is -0.332. The van der Waals surface area contributed by atoms with E-state index in [4.69, 9.17) is 4.74 Å². The van der Waals surface area contributed by atoms with Crippen LogP contribution in [-0.4, -0.2) is 37.6 Å². The highest BCUT2D eigenvalue weighted by Crippen LogP contribution is 2.41. The van der Waals surface area contributed by atoms with Crippen molar-refractivity contribution in [1.82, 2.24) is 5.32 Å². The SMILES string of the molecule is Cc1ccc(/C=C2/Sc3ccccc3N(CC(=O)NCCCOC(C)C)C2=O)cc1. The Labute approximate surface area is 182 Å². The van der Waals surface area contributed by atoms with Gasteiger partial charge in [0.15, 0.2) is 0 Å². The van der Waals surface area contributed by atoms with E-state index < -0.39 is 0 Å². The van der Waals surface area contributed by atoms with Gasteiger partial charge in [-0.2, -0.15) is 0 Å². The fourth-order valence-corrected chi connectivity index (χ4v) is 4.11. The molecule has 0 spiro atoms. The molecule has 30 heavy (non-hydrogen) atoms. The van der Waals surface area contributed by atoms with Gasteiger partial charge < -0.3 is 10.1 Å². The van der Waals surface area contributed by atoms with Crippen LogP contribution in [0.2, 0.25) is 0 Å². The second-order valence-corrected chi connectivity index (χ2v) is 8.59. The molecule has 2 aromatic carbocycles. The van der Waals surface area contributed by atoms with Crippen LogP contribution in [0.5, 0.6) is 0 Å². The van der Waals surface area contributed by atoms with Gasteiger partial charge in [-0.3, -0.25) is 14.5 Å². The summed E-state index contributed by atoms with van der Waals surface area (Å²) in [7, 11) is 0. The predicted molar refractivity (Wildman–Crippen MR) is 123 cm³/mol. The van der Waals surface area contributed by atoms with Gasteiger partial charge in [0.2, 0.25) is 5.91 Å². The predicted octanol–water partition coefficient (Wildman–Crippen LogP) is 4.41. The molecule has 6 heteroatoms. The van der Waals surface area contributed by atoms with E-state index in [9.17, 15) is 9.59 Å². The number of fused-ring (bicyclic) bond motifs is 1. The Morgan fingerprint density at radius 3 is 2.63 bits per heavy atom. The Hall–Kier alpha value is -2.57. The van der Waals surface area contributed by atoms with Crippen LogP contribution >= 0.6 is 11.8 Å². The minimum Gasteiger partial charge on any atom is -0.379 e. The minimum atomic E-state index is -0.177. The number of aryl methyl sites for hydroxylation is 1. The molecule has 0 aliphatic carbocycles. The Morgan fingerprint density at radius 2 is 1.90 bits per heavy atom. The summed E-state index contributed by atoms with van der Waals surface area (Å²) in [6.07, 6.45) is 2.80. The summed E-state index contributed by atoms with van der Waals surface area (Å²) in [6, 6.07) is 15.7. The number of ether oxygens (including phenoxy) is 1. The molecule has 1 heterocycles. The molecule has 0 radical (unpaired) electrons. The van der Waals surface area contributed by atoms with Crippen molar-refractivity contribution in [2.75, 3.05) is 24.6 Å². The molecule has 1 aliphatic rings. The highest BCUT2D eigenvalue weighted by molar-refractivity contribution is 8.04. The summed E-state index contributed by atoms with van der Waals surface area (Å²) in [6.45, 7) is 7.12. The van der Waals surface area contributed by atoms with E-state index in [0.717, 1.165) is 22.6 Å². The molecule has 2 aromatic rings. The van der Waals surface area contributed by atoms with Crippen molar-refractivity contribution in [2.45, 2.75) is 38.2 Å². The van der Waals surface area contributed by atoms with E-state index >= 15 is 0 Å². The number of amides is 2. The summed E-state index contributed by atoms with van der Waals surface area (Å²) in [5, 5.41) is 2.89. The first-order chi connectivity index (χ1) is 14.4. The number of hydrogen-bond donors (Lipinski definition) is 1. The van der Waals surface area contributed by atoms with Gasteiger partial charge in [0.25, 0.3) is 5.91 Å². The first-order valence-corrected chi connectivity index (χ1v) is 11.0.